The number of ether oxygens (including phenoxy) is 1. The Balaban J connectivity index is 1.42. The second-order valence-corrected chi connectivity index (χ2v) is 11.0. The van der Waals surface area contributed by atoms with Gasteiger partial charge in [-0.3, -0.25) is 4.79 Å². The predicted octanol–water partition coefficient (Wildman–Crippen LogP) is 5.40. The van der Waals surface area contributed by atoms with Crippen molar-refractivity contribution < 1.29 is 26.8 Å². The van der Waals surface area contributed by atoms with Crippen molar-refractivity contribution in [2.75, 3.05) is 0 Å². The number of hydrogen-bond acceptors (Lipinski definition) is 6. The minimum atomic E-state index is -4.19. The van der Waals surface area contributed by atoms with Gasteiger partial charge in [-0.25, -0.2) is 17.6 Å². The molecule has 1 unspecified atom stereocenters. The third-order valence-corrected chi connectivity index (χ3v) is 7.80. The van der Waals surface area contributed by atoms with E-state index in [4.69, 9.17) is 9.15 Å². The first-order valence-electron chi connectivity index (χ1n) is 12.4. The molecule has 0 aliphatic rings. The highest BCUT2D eigenvalue weighted by Crippen LogP contribution is 2.24. The molecule has 9 heteroatoms. The standard InChI is InChI=1S/C31H24FNO6S/c1-20-7-9-22(10-8-20)27-19-38-29-18-24(13-16-26(29)30(27)34)39-31(35)28(17-21-5-3-2-4-6-21)33-40(36,37)25-14-11-23(32)12-15-25/h2-16,18-19,28,33H,17H2,1H3. The monoisotopic (exact) mass is 557 g/mol. The zero-order valence-electron chi connectivity index (χ0n) is 21.3. The number of carbonyl (C=O) groups is 1. The van der Waals surface area contributed by atoms with Crippen LogP contribution in [-0.2, 0) is 21.2 Å². The number of halogens is 1. The van der Waals surface area contributed by atoms with Crippen LogP contribution in [0.1, 0.15) is 11.1 Å². The Hall–Kier alpha value is -4.60. The van der Waals surface area contributed by atoms with E-state index in [2.05, 4.69) is 4.72 Å². The molecule has 1 N–H and O–H groups in total. The molecule has 1 heterocycles. The van der Waals surface area contributed by atoms with Gasteiger partial charge >= 0.3 is 5.97 Å². The van der Waals surface area contributed by atoms with E-state index >= 15 is 0 Å². The predicted molar refractivity (Wildman–Crippen MR) is 149 cm³/mol. The van der Waals surface area contributed by atoms with Crippen molar-refractivity contribution in [2.24, 2.45) is 0 Å². The SMILES string of the molecule is Cc1ccc(-c2coc3cc(OC(=O)C(Cc4ccccc4)NS(=O)(=O)c4ccc(F)cc4)ccc3c2=O)cc1. The fraction of sp³-hybridized carbons (Fsp3) is 0.0968. The van der Waals surface area contributed by atoms with Gasteiger partial charge in [0, 0.05) is 6.07 Å². The molecule has 0 radical (unpaired) electrons. The Kier molecular flexibility index (Phi) is 7.59. The van der Waals surface area contributed by atoms with Gasteiger partial charge in [-0.1, -0.05) is 60.2 Å². The number of sulfonamides is 1. The highest BCUT2D eigenvalue weighted by atomic mass is 32.2. The average Bonchev–Trinajstić information content (AvgIpc) is 2.94. The van der Waals surface area contributed by atoms with Gasteiger partial charge in [0.1, 0.15) is 29.5 Å². The number of fused-ring (bicyclic) bond motifs is 1. The highest BCUT2D eigenvalue weighted by molar-refractivity contribution is 7.89. The number of hydrogen-bond donors (Lipinski definition) is 1. The molecule has 7 nitrogen and oxygen atoms in total. The smallest absolute Gasteiger partial charge is 0.329 e. The Morgan fingerprint density at radius 2 is 1.65 bits per heavy atom. The number of nitrogens with one attached hydrogen (secondary N) is 1. The second kappa shape index (κ2) is 11.3. The molecule has 1 atom stereocenters. The maximum atomic E-state index is 13.3. The molecule has 0 amide bonds. The molecule has 202 valence electrons. The molecular formula is C31H24FNO6S. The quantitative estimate of drug-likeness (QED) is 0.202. The first-order valence-corrected chi connectivity index (χ1v) is 13.8. The lowest BCUT2D eigenvalue weighted by molar-refractivity contribution is -0.136. The van der Waals surface area contributed by atoms with Crippen LogP contribution in [-0.4, -0.2) is 20.4 Å². The summed E-state index contributed by atoms with van der Waals surface area (Å²) in [7, 11) is -4.19. The third-order valence-electron chi connectivity index (χ3n) is 6.32. The van der Waals surface area contributed by atoms with Crippen molar-refractivity contribution >= 4 is 27.0 Å². The van der Waals surface area contributed by atoms with E-state index in [1.807, 2.05) is 31.2 Å². The molecule has 5 rings (SSSR count). The molecule has 0 bridgehead atoms. The van der Waals surface area contributed by atoms with Gasteiger partial charge in [-0.05, 0) is 60.9 Å². The minimum Gasteiger partial charge on any atom is -0.463 e. The third kappa shape index (κ3) is 6.01. The second-order valence-electron chi connectivity index (χ2n) is 9.24. The first kappa shape index (κ1) is 27.0. The van der Waals surface area contributed by atoms with Crippen molar-refractivity contribution in [1.29, 1.82) is 0 Å². The van der Waals surface area contributed by atoms with Gasteiger partial charge < -0.3 is 9.15 Å². The molecule has 40 heavy (non-hydrogen) atoms. The van der Waals surface area contributed by atoms with Gasteiger partial charge in [0.25, 0.3) is 0 Å². The summed E-state index contributed by atoms with van der Waals surface area (Å²) in [6.07, 6.45) is 1.36. The van der Waals surface area contributed by atoms with Gasteiger partial charge in [-0.2, -0.15) is 4.72 Å². The maximum absolute atomic E-state index is 13.3. The maximum Gasteiger partial charge on any atom is 0.329 e. The van der Waals surface area contributed by atoms with Crippen LogP contribution in [0.25, 0.3) is 22.1 Å². The molecule has 0 aliphatic carbocycles. The van der Waals surface area contributed by atoms with Crippen LogP contribution in [0.15, 0.2) is 117 Å². The van der Waals surface area contributed by atoms with E-state index in [1.54, 1.807) is 30.3 Å². The van der Waals surface area contributed by atoms with Crippen LogP contribution in [0.4, 0.5) is 4.39 Å². The first-order chi connectivity index (χ1) is 19.2. The van der Waals surface area contributed by atoms with Crippen LogP contribution >= 0.6 is 0 Å². The van der Waals surface area contributed by atoms with E-state index < -0.39 is 27.9 Å². The van der Waals surface area contributed by atoms with Gasteiger partial charge in [0.2, 0.25) is 10.0 Å². The van der Waals surface area contributed by atoms with Gasteiger partial charge in [0.05, 0.1) is 15.8 Å². The molecular weight excluding hydrogens is 533 g/mol. The Bertz CT molecular complexity index is 1830. The lowest BCUT2D eigenvalue weighted by Gasteiger charge is -2.18. The average molecular weight is 558 g/mol. The fourth-order valence-electron chi connectivity index (χ4n) is 4.18. The molecule has 5 aromatic rings. The lowest BCUT2D eigenvalue weighted by Crippen LogP contribution is -2.44. The molecule has 0 aliphatic heterocycles. The number of aryl methyl sites for hydroxylation is 1. The van der Waals surface area contributed by atoms with E-state index in [9.17, 15) is 22.4 Å². The van der Waals surface area contributed by atoms with Crippen molar-refractivity contribution in [3.63, 3.8) is 0 Å². The van der Waals surface area contributed by atoms with Crippen LogP contribution in [0.2, 0.25) is 0 Å². The van der Waals surface area contributed by atoms with Crippen molar-refractivity contribution in [2.45, 2.75) is 24.3 Å². The van der Waals surface area contributed by atoms with Crippen molar-refractivity contribution in [3.05, 3.63) is 130 Å². The molecule has 0 fully saturated rings. The normalized spacial score (nSPS) is 12.2. The van der Waals surface area contributed by atoms with Crippen LogP contribution in [0.5, 0.6) is 5.75 Å². The number of esters is 1. The summed E-state index contributed by atoms with van der Waals surface area (Å²) >= 11 is 0. The highest BCUT2D eigenvalue weighted by Gasteiger charge is 2.28. The molecule has 0 saturated heterocycles. The summed E-state index contributed by atoms with van der Waals surface area (Å²) in [4.78, 5) is 26.2. The zero-order chi connectivity index (χ0) is 28.3. The van der Waals surface area contributed by atoms with E-state index in [1.165, 1.54) is 24.5 Å². The Labute approximate surface area is 229 Å². The summed E-state index contributed by atoms with van der Waals surface area (Å²) in [6, 6.07) is 23.6. The number of rotatable bonds is 8. The van der Waals surface area contributed by atoms with Crippen LogP contribution in [0.3, 0.4) is 0 Å². The fourth-order valence-corrected chi connectivity index (χ4v) is 5.37. The largest absolute Gasteiger partial charge is 0.463 e. The Morgan fingerprint density at radius 3 is 2.35 bits per heavy atom. The zero-order valence-corrected chi connectivity index (χ0v) is 22.2. The molecule has 4 aromatic carbocycles. The minimum absolute atomic E-state index is 0.00265. The van der Waals surface area contributed by atoms with E-state index in [0.29, 0.717) is 22.1 Å². The number of carbonyl (C=O) groups excluding carboxylic acids is 1. The lowest BCUT2D eigenvalue weighted by atomic mass is 10.0. The summed E-state index contributed by atoms with van der Waals surface area (Å²) < 4.78 is 52.9. The van der Waals surface area contributed by atoms with E-state index in [-0.39, 0.29) is 28.1 Å². The van der Waals surface area contributed by atoms with Gasteiger partial charge in [-0.15, -0.1) is 0 Å². The van der Waals surface area contributed by atoms with Crippen LogP contribution < -0.4 is 14.9 Å². The van der Waals surface area contributed by atoms with E-state index in [0.717, 1.165) is 29.8 Å². The summed E-state index contributed by atoms with van der Waals surface area (Å²) in [5, 5.41) is 0.302. The van der Waals surface area contributed by atoms with Crippen molar-refractivity contribution in [3.8, 4) is 16.9 Å². The van der Waals surface area contributed by atoms with Crippen LogP contribution in [0, 0.1) is 12.7 Å². The Morgan fingerprint density at radius 1 is 0.950 bits per heavy atom. The number of benzene rings is 4. The summed E-state index contributed by atoms with van der Waals surface area (Å²) in [6.45, 7) is 1.95. The van der Waals surface area contributed by atoms with Crippen molar-refractivity contribution in [1.82, 2.24) is 4.72 Å². The summed E-state index contributed by atoms with van der Waals surface area (Å²) in [5.41, 5.74) is 2.84. The summed E-state index contributed by atoms with van der Waals surface area (Å²) in [5.74, 6) is -1.39. The van der Waals surface area contributed by atoms with Gasteiger partial charge in [0.15, 0.2) is 5.43 Å². The topological polar surface area (TPSA) is 103 Å². The molecule has 1 aromatic heterocycles. The molecule has 0 saturated carbocycles. The molecule has 0 spiro atoms.